The minimum absolute atomic E-state index is 0.0684. The second-order valence-corrected chi connectivity index (χ2v) is 2.85. The summed E-state index contributed by atoms with van der Waals surface area (Å²) in [7, 11) is 0. The van der Waals surface area contributed by atoms with Crippen molar-refractivity contribution in [3.8, 4) is 0 Å². The second-order valence-electron chi connectivity index (χ2n) is 1.77. The third kappa shape index (κ3) is 6.92. The molecule has 0 unspecified atom stereocenters. The first-order valence-electron chi connectivity index (χ1n) is 3.08. The number of rotatable bonds is 3. The molecule has 0 saturated carbocycles. The quantitative estimate of drug-likeness (QED) is 0.251. The van der Waals surface area contributed by atoms with Crippen LogP contribution in [0.3, 0.4) is 0 Å². The van der Waals surface area contributed by atoms with E-state index in [-0.39, 0.29) is 11.1 Å². The monoisotopic (exact) mass is 172 g/mol. The molecule has 0 radical (unpaired) electrons. The summed E-state index contributed by atoms with van der Waals surface area (Å²) >= 11 is 1.29. The highest BCUT2D eigenvalue weighted by molar-refractivity contribution is 8.13. The van der Waals surface area contributed by atoms with Crippen molar-refractivity contribution < 1.29 is 0 Å². The van der Waals surface area contributed by atoms with Crippen LogP contribution in [0.5, 0.6) is 0 Å². The van der Waals surface area contributed by atoms with Crippen molar-refractivity contribution in [2.45, 2.75) is 6.42 Å². The molecule has 0 amide bonds. The molecule has 0 saturated heterocycles. The van der Waals surface area contributed by atoms with E-state index in [4.69, 9.17) is 16.9 Å². The first kappa shape index (κ1) is 10.0. The van der Waals surface area contributed by atoms with Gasteiger partial charge in [-0.15, -0.1) is 6.58 Å². The second kappa shape index (κ2) is 5.79. The lowest BCUT2D eigenvalue weighted by atomic mass is 10.5. The highest BCUT2D eigenvalue weighted by Gasteiger charge is 1.93. The summed E-state index contributed by atoms with van der Waals surface area (Å²) in [5, 5.41) is 7.32. The van der Waals surface area contributed by atoms with E-state index in [0.717, 1.165) is 12.2 Å². The van der Waals surface area contributed by atoms with Crippen LogP contribution in [0.15, 0.2) is 17.6 Å². The smallest absolute Gasteiger partial charge is 0.193 e. The van der Waals surface area contributed by atoms with Crippen molar-refractivity contribution in [1.29, 1.82) is 5.41 Å². The lowest BCUT2D eigenvalue weighted by molar-refractivity contribution is 1.26. The molecule has 0 aliphatic carbocycles. The predicted molar refractivity (Wildman–Crippen MR) is 50.8 cm³/mol. The molecule has 0 aromatic heterocycles. The summed E-state index contributed by atoms with van der Waals surface area (Å²) in [4.78, 5) is 3.53. The number of amidine groups is 1. The zero-order valence-electron chi connectivity index (χ0n) is 6.21. The van der Waals surface area contributed by atoms with E-state index in [2.05, 4.69) is 11.6 Å². The van der Waals surface area contributed by atoms with Gasteiger partial charge in [-0.3, -0.25) is 5.41 Å². The van der Waals surface area contributed by atoms with Gasteiger partial charge in [0.2, 0.25) is 0 Å². The van der Waals surface area contributed by atoms with Crippen molar-refractivity contribution in [2.75, 3.05) is 5.75 Å². The Morgan fingerprint density at radius 3 is 2.73 bits per heavy atom. The Labute approximate surface area is 70.3 Å². The van der Waals surface area contributed by atoms with Gasteiger partial charge in [-0.25, -0.2) is 0 Å². The summed E-state index contributed by atoms with van der Waals surface area (Å²) < 4.78 is 0. The maximum absolute atomic E-state index is 7.18. The van der Waals surface area contributed by atoms with Crippen molar-refractivity contribution in [2.24, 2.45) is 16.5 Å². The van der Waals surface area contributed by atoms with Gasteiger partial charge < -0.3 is 11.5 Å². The number of nitrogens with zero attached hydrogens (tertiary/aromatic N) is 1. The Morgan fingerprint density at radius 2 is 2.27 bits per heavy atom. The zero-order valence-corrected chi connectivity index (χ0v) is 7.03. The van der Waals surface area contributed by atoms with E-state index < -0.39 is 0 Å². The third-order valence-corrected chi connectivity index (χ3v) is 1.60. The third-order valence-electron chi connectivity index (χ3n) is 0.791. The molecule has 0 aliphatic heterocycles. The summed E-state index contributed by atoms with van der Waals surface area (Å²) in [5.41, 5.74) is 10.1. The maximum Gasteiger partial charge on any atom is 0.193 e. The molecule has 5 heteroatoms. The average Bonchev–Trinajstić information content (AvgIpc) is 1.86. The van der Waals surface area contributed by atoms with Crippen LogP contribution in [0.25, 0.3) is 0 Å². The first-order chi connectivity index (χ1) is 5.16. The van der Waals surface area contributed by atoms with Crippen molar-refractivity contribution >= 4 is 22.9 Å². The Balaban J connectivity index is 3.53. The summed E-state index contributed by atoms with van der Waals surface area (Å²) in [6, 6.07) is 0. The molecule has 5 N–H and O–H groups in total. The van der Waals surface area contributed by atoms with Gasteiger partial charge in [0, 0.05) is 5.75 Å². The number of nitrogens with two attached hydrogens (primary N) is 2. The molecule has 0 aliphatic rings. The largest absolute Gasteiger partial charge is 0.370 e. The molecule has 62 valence electrons. The van der Waals surface area contributed by atoms with Crippen LogP contribution >= 0.6 is 11.8 Å². The standard InChI is InChI=1S/C6H12N4S/c1-2-3-4-11-6(9)10-5(7)8/h2H,1,3-4H2,(H5,7,8,9,10). The van der Waals surface area contributed by atoms with Crippen LogP contribution in [0.1, 0.15) is 6.42 Å². The van der Waals surface area contributed by atoms with E-state index in [9.17, 15) is 0 Å². The Hall–Kier alpha value is -0.970. The van der Waals surface area contributed by atoms with Gasteiger partial charge in [0.15, 0.2) is 11.1 Å². The molecule has 0 fully saturated rings. The van der Waals surface area contributed by atoms with E-state index in [1.54, 1.807) is 6.08 Å². The first-order valence-corrected chi connectivity index (χ1v) is 4.07. The molecule has 0 spiro atoms. The van der Waals surface area contributed by atoms with Crippen LogP contribution in [-0.2, 0) is 0 Å². The lowest BCUT2D eigenvalue weighted by Gasteiger charge is -1.95. The van der Waals surface area contributed by atoms with Gasteiger partial charge in [0.25, 0.3) is 0 Å². The fourth-order valence-electron chi connectivity index (χ4n) is 0.388. The minimum Gasteiger partial charge on any atom is -0.370 e. The Bertz CT molecular complexity index is 171. The summed E-state index contributed by atoms with van der Waals surface area (Å²) in [5.74, 6) is 0.722. The molecule has 0 bridgehead atoms. The number of guanidine groups is 1. The molecular weight excluding hydrogens is 160 g/mol. The molecule has 0 atom stereocenters. The van der Waals surface area contributed by atoms with Gasteiger partial charge in [0.05, 0.1) is 0 Å². The number of thioether (sulfide) groups is 1. The van der Waals surface area contributed by atoms with Gasteiger partial charge in [-0.05, 0) is 6.42 Å². The molecule has 0 rings (SSSR count). The average molecular weight is 172 g/mol. The number of hydrogen-bond donors (Lipinski definition) is 3. The van der Waals surface area contributed by atoms with Crippen LogP contribution in [-0.4, -0.2) is 16.9 Å². The van der Waals surface area contributed by atoms with E-state index in [1.807, 2.05) is 0 Å². The lowest BCUT2D eigenvalue weighted by Crippen LogP contribution is -2.23. The maximum atomic E-state index is 7.18. The number of nitrogens with one attached hydrogen (secondary N) is 1. The van der Waals surface area contributed by atoms with Crippen molar-refractivity contribution in [3.05, 3.63) is 12.7 Å². The van der Waals surface area contributed by atoms with E-state index >= 15 is 0 Å². The van der Waals surface area contributed by atoms with Crippen LogP contribution in [0.4, 0.5) is 0 Å². The topological polar surface area (TPSA) is 88.2 Å². The zero-order chi connectivity index (χ0) is 8.69. The SMILES string of the molecule is C=CCCSC(=N)N=C(N)N. The Kier molecular flexibility index (Phi) is 5.28. The molecule has 0 aromatic rings. The highest BCUT2D eigenvalue weighted by Crippen LogP contribution is 2.04. The number of aliphatic imine (C=N–C) groups is 1. The summed E-state index contributed by atoms with van der Waals surface area (Å²) in [6.45, 7) is 3.55. The summed E-state index contributed by atoms with van der Waals surface area (Å²) in [6.07, 6.45) is 2.64. The number of allylic oxidation sites excluding steroid dienone is 1. The van der Waals surface area contributed by atoms with Gasteiger partial charge in [-0.2, -0.15) is 4.99 Å². The fraction of sp³-hybridized carbons (Fsp3) is 0.333. The minimum atomic E-state index is -0.0684. The van der Waals surface area contributed by atoms with Gasteiger partial charge in [-0.1, -0.05) is 17.8 Å². The van der Waals surface area contributed by atoms with Crippen molar-refractivity contribution in [3.63, 3.8) is 0 Å². The predicted octanol–water partition coefficient (Wildman–Crippen LogP) is 0.504. The normalized spacial score (nSPS) is 8.73. The molecular formula is C6H12N4S. The van der Waals surface area contributed by atoms with Gasteiger partial charge in [0.1, 0.15) is 0 Å². The van der Waals surface area contributed by atoms with E-state index in [0.29, 0.717) is 0 Å². The van der Waals surface area contributed by atoms with E-state index in [1.165, 1.54) is 11.8 Å². The van der Waals surface area contributed by atoms with Gasteiger partial charge >= 0.3 is 0 Å². The number of hydrogen-bond acceptors (Lipinski definition) is 2. The molecule has 0 heterocycles. The molecule has 11 heavy (non-hydrogen) atoms. The fourth-order valence-corrected chi connectivity index (χ4v) is 1.04. The van der Waals surface area contributed by atoms with Crippen LogP contribution in [0, 0.1) is 5.41 Å². The van der Waals surface area contributed by atoms with Crippen LogP contribution in [0.2, 0.25) is 0 Å². The molecule has 0 aromatic carbocycles. The highest BCUT2D eigenvalue weighted by atomic mass is 32.2. The van der Waals surface area contributed by atoms with Crippen LogP contribution < -0.4 is 11.5 Å². The Morgan fingerprint density at radius 1 is 1.64 bits per heavy atom. The van der Waals surface area contributed by atoms with Crippen molar-refractivity contribution in [1.82, 2.24) is 0 Å². The molecule has 4 nitrogen and oxygen atoms in total.